The van der Waals surface area contributed by atoms with E-state index in [9.17, 15) is 14.9 Å². The van der Waals surface area contributed by atoms with Gasteiger partial charge in [0.2, 0.25) is 5.91 Å². The number of hydrogen-bond acceptors (Lipinski definition) is 5. The molecule has 154 valence electrons. The molecule has 1 N–H and O–H groups in total. The smallest absolute Gasteiger partial charge is 0.273 e. The molecule has 30 heavy (non-hydrogen) atoms. The molecule has 3 aromatic rings. The quantitative estimate of drug-likeness (QED) is 0.367. The highest BCUT2D eigenvalue weighted by molar-refractivity contribution is 5.85. The van der Waals surface area contributed by atoms with Crippen LogP contribution in [-0.2, 0) is 11.2 Å². The first-order chi connectivity index (χ1) is 14.4. The Morgan fingerprint density at radius 3 is 2.57 bits per heavy atom. The highest BCUT2D eigenvalue weighted by Crippen LogP contribution is 2.22. The first-order valence-electron chi connectivity index (χ1n) is 9.28. The molecule has 0 bridgehead atoms. The van der Waals surface area contributed by atoms with Crippen LogP contribution in [0, 0.1) is 24.0 Å². The summed E-state index contributed by atoms with van der Waals surface area (Å²) in [6.07, 6.45) is 1.44. The fourth-order valence-corrected chi connectivity index (χ4v) is 3.27. The predicted octanol–water partition coefficient (Wildman–Crippen LogP) is 3.70. The Morgan fingerprint density at radius 1 is 1.20 bits per heavy atom. The van der Waals surface area contributed by atoms with Crippen LogP contribution in [0.2, 0.25) is 0 Å². The number of para-hydroxylation sites is 1. The van der Waals surface area contributed by atoms with Crippen molar-refractivity contribution in [2.75, 3.05) is 7.11 Å². The number of aromatic nitrogens is 1. The molecule has 0 saturated heterocycles. The van der Waals surface area contributed by atoms with Gasteiger partial charge in [-0.1, -0.05) is 18.2 Å². The van der Waals surface area contributed by atoms with Crippen LogP contribution in [0.15, 0.2) is 59.7 Å². The van der Waals surface area contributed by atoms with Gasteiger partial charge in [0.05, 0.1) is 24.7 Å². The number of aryl methyl sites for hydroxylation is 1. The van der Waals surface area contributed by atoms with Crippen LogP contribution in [-0.4, -0.2) is 28.7 Å². The highest BCUT2D eigenvalue weighted by atomic mass is 16.6. The summed E-state index contributed by atoms with van der Waals surface area (Å²) in [4.78, 5) is 22.7. The van der Waals surface area contributed by atoms with Gasteiger partial charge in [0, 0.05) is 34.3 Å². The van der Waals surface area contributed by atoms with E-state index >= 15 is 0 Å². The second-order valence-corrected chi connectivity index (χ2v) is 6.72. The number of rotatable bonds is 7. The molecular weight excluding hydrogens is 384 g/mol. The van der Waals surface area contributed by atoms with Gasteiger partial charge in [0.25, 0.3) is 5.69 Å². The Morgan fingerprint density at radius 2 is 1.90 bits per heavy atom. The Kier molecular flexibility index (Phi) is 6.26. The maximum atomic E-state index is 12.2. The molecule has 8 nitrogen and oxygen atoms in total. The summed E-state index contributed by atoms with van der Waals surface area (Å²) < 4.78 is 7.28. The lowest BCUT2D eigenvalue weighted by Crippen LogP contribution is -2.20. The normalized spacial score (nSPS) is 10.9. The van der Waals surface area contributed by atoms with Crippen molar-refractivity contribution in [3.8, 4) is 11.4 Å². The van der Waals surface area contributed by atoms with Gasteiger partial charge in [-0.2, -0.15) is 5.10 Å². The zero-order valence-electron chi connectivity index (χ0n) is 17.0. The maximum absolute atomic E-state index is 12.2. The third-order valence-electron chi connectivity index (χ3n) is 4.73. The van der Waals surface area contributed by atoms with Crippen LogP contribution in [0.1, 0.15) is 22.5 Å². The number of hydrogen-bond donors (Lipinski definition) is 1. The number of nitro benzene ring substituents is 1. The Labute approximate surface area is 173 Å². The second kappa shape index (κ2) is 9.04. The molecule has 0 aliphatic heterocycles. The summed E-state index contributed by atoms with van der Waals surface area (Å²) in [5.74, 6) is 0.355. The van der Waals surface area contributed by atoms with Gasteiger partial charge in [-0.3, -0.25) is 14.9 Å². The van der Waals surface area contributed by atoms with Gasteiger partial charge in [-0.25, -0.2) is 5.43 Å². The van der Waals surface area contributed by atoms with E-state index in [-0.39, 0.29) is 12.1 Å². The average Bonchev–Trinajstić information content (AvgIpc) is 3.01. The Hall–Kier alpha value is -3.94. The van der Waals surface area contributed by atoms with E-state index in [1.807, 2.05) is 44.2 Å². The SMILES string of the molecule is COc1ccc(-n2c(C)cc(/C=N/NC(=O)Cc3ccccc3[N+](=O)[O-])c2C)cc1. The van der Waals surface area contributed by atoms with Crippen molar-refractivity contribution in [3.05, 3.63) is 87.2 Å². The molecule has 0 spiro atoms. The second-order valence-electron chi connectivity index (χ2n) is 6.72. The van der Waals surface area contributed by atoms with Crippen molar-refractivity contribution >= 4 is 17.8 Å². The van der Waals surface area contributed by atoms with Crippen LogP contribution < -0.4 is 10.2 Å². The van der Waals surface area contributed by atoms with Gasteiger partial charge in [-0.15, -0.1) is 0 Å². The van der Waals surface area contributed by atoms with Crippen molar-refractivity contribution in [2.24, 2.45) is 5.10 Å². The van der Waals surface area contributed by atoms with Crippen molar-refractivity contribution in [2.45, 2.75) is 20.3 Å². The number of carbonyl (C=O) groups is 1. The molecule has 1 heterocycles. The van der Waals surface area contributed by atoms with Gasteiger partial charge in [-0.05, 0) is 44.2 Å². The molecular formula is C22H22N4O4. The number of methoxy groups -OCH3 is 1. The standard InChI is InChI=1S/C22H22N4O4/c1-15-12-18(16(2)25(15)19-8-10-20(30-3)11-9-19)14-23-24-22(27)13-17-6-4-5-7-21(17)26(28)29/h4-12,14H,13H2,1-3H3,(H,24,27)/b23-14+. The van der Waals surface area contributed by atoms with Gasteiger partial charge >= 0.3 is 0 Å². The number of carbonyl (C=O) groups excluding carboxylic acids is 1. The topological polar surface area (TPSA) is 98.8 Å². The minimum atomic E-state index is -0.500. The largest absolute Gasteiger partial charge is 0.497 e. The molecule has 0 saturated carbocycles. The number of hydrazone groups is 1. The molecule has 0 aliphatic carbocycles. The summed E-state index contributed by atoms with van der Waals surface area (Å²) in [7, 11) is 1.63. The number of benzene rings is 2. The molecule has 0 aliphatic rings. The molecule has 1 aromatic heterocycles. The molecule has 3 rings (SSSR count). The predicted molar refractivity (Wildman–Crippen MR) is 114 cm³/mol. The average molecular weight is 406 g/mol. The summed E-state index contributed by atoms with van der Waals surface area (Å²) in [5, 5.41) is 15.1. The Bertz CT molecular complexity index is 1100. The van der Waals surface area contributed by atoms with E-state index in [4.69, 9.17) is 4.74 Å². The van der Waals surface area contributed by atoms with Crippen LogP contribution in [0.5, 0.6) is 5.75 Å². The van der Waals surface area contributed by atoms with Gasteiger partial charge in [0.15, 0.2) is 0 Å². The van der Waals surface area contributed by atoms with Crippen molar-refractivity contribution in [1.82, 2.24) is 9.99 Å². The fourth-order valence-electron chi connectivity index (χ4n) is 3.27. The summed E-state index contributed by atoms with van der Waals surface area (Å²) in [5.41, 5.74) is 6.53. The first kappa shape index (κ1) is 20.8. The third kappa shape index (κ3) is 4.54. The molecule has 2 aromatic carbocycles. The number of nitrogens with one attached hydrogen (secondary N) is 1. The zero-order chi connectivity index (χ0) is 21.7. The zero-order valence-corrected chi connectivity index (χ0v) is 17.0. The van der Waals surface area contributed by atoms with Crippen molar-refractivity contribution in [1.29, 1.82) is 0 Å². The monoisotopic (exact) mass is 406 g/mol. The molecule has 8 heteroatoms. The number of nitrogens with zero attached hydrogens (tertiary/aromatic N) is 3. The maximum Gasteiger partial charge on any atom is 0.273 e. The number of nitro groups is 1. The van der Waals surface area contributed by atoms with Crippen LogP contribution in [0.4, 0.5) is 5.69 Å². The van der Waals surface area contributed by atoms with Crippen molar-refractivity contribution < 1.29 is 14.5 Å². The van der Waals surface area contributed by atoms with Gasteiger partial charge < -0.3 is 9.30 Å². The molecule has 0 fully saturated rings. The van der Waals surface area contributed by atoms with E-state index in [2.05, 4.69) is 15.1 Å². The summed E-state index contributed by atoms with van der Waals surface area (Å²) >= 11 is 0. The lowest BCUT2D eigenvalue weighted by molar-refractivity contribution is -0.385. The minimum Gasteiger partial charge on any atom is -0.497 e. The highest BCUT2D eigenvalue weighted by Gasteiger charge is 2.15. The molecule has 0 atom stereocenters. The number of ether oxygens (including phenoxy) is 1. The molecule has 0 radical (unpaired) electrons. The van der Waals surface area contributed by atoms with Crippen molar-refractivity contribution in [3.63, 3.8) is 0 Å². The minimum absolute atomic E-state index is 0.0836. The van der Waals surface area contributed by atoms with E-state index in [0.717, 1.165) is 28.4 Å². The van der Waals surface area contributed by atoms with Gasteiger partial charge in [0.1, 0.15) is 5.75 Å². The summed E-state index contributed by atoms with van der Waals surface area (Å²) in [6, 6.07) is 15.8. The lowest BCUT2D eigenvalue weighted by Gasteiger charge is -2.10. The molecule has 0 unspecified atom stereocenters. The fraction of sp³-hybridized carbons (Fsp3) is 0.182. The third-order valence-corrected chi connectivity index (χ3v) is 4.73. The van der Waals surface area contributed by atoms with Crippen LogP contribution in [0.25, 0.3) is 5.69 Å². The Balaban J connectivity index is 1.71. The summed E-state index contributed by atoms with van der Waals surface area (Å²) in [6.45, 7) is 3.95. The van der Waals surface area contributed by atoms with E-state index in [1.54, 1.807) is 31.5 Å². The van der Waals surface area contributed by atoms with Crippen LogP contribution >= 0.6 is 0 Å². The number of amides is 1. The van der Waals surface area contributed by atoms with E-state index < -0.39 is 10.8 Å². The van der Waals surface area contributed by atoms with E-state index in [1.165, 1.54) is 6.07 Å². The lowest BCUT2D eigenvalue weighted by atomic mass is 10.1. The first-order valence-corrected chi connectivity index (χ1v) is 9.28. The van der Waals surface area contributed by atoms with E-state index in [0.29, 0.717) is 5.56 Å². The van der Waals surface area contributed by atoms with Crippen LogP contribution in [0.3, 0.4) is 0 Å². The molecule has 1 amide bonds.